The number of aliphatic carboxylic acids is 1. The summed E-state index contributed by atoms with van der Waals surface area (Å²) in [6.07, 6.45) is 0.153. The van der Waals surface area contributed by atoms with Gasteiger partial charge < -0.3 is 20.1 Å². The Kier molecular flexibility index (Phi) is 5.59. The van der Waals surface area contributed by atoms with Crippen LogP contribution in [-0.4, -0.2) is 48.9 Å². The molecule has 0 saturated carbocycles. The summed E-state index contributed by atoms with van der Waals surface area (Å²) in [5.74, 6) is -3.00. The summed E-state index contributed by atoms with van der Waals surface area (Å²) in [5, 5.41) is 10.8. The van der Waals surface area contributed by atoms with E-state index in [1.54, 1.807) is 24.3 Å². The van der Waals surface area contributed by atoms with Crippen LogP contribution < -0.4 is 40.0 Å². The van der Waals surface area contributed by atoms with Gasteiger partial charge in [-0.1, -0.05) is 29.8 Å². The Labute approximate surface area is 173 Å². The Morgan fingerprint density at radius 2 is 1.92 bits per heavy atom. The topological polar surface area (TPSA) is 124 Å². The van der Waals surface area contributed by atoms with Gasteiger partial charge in [0.25, 0.3) is 0 Å². The SMILES string of the molecule is Cc1ccc(C2C(=O)N3CC(C)(C(=O)[O-])C(NC=O)S(=O)(=O)[C@H]23)cc1.[Na+]. The molecule has 10 heteroatoms. The fourth-order valence-electron chi connectivity index (χ4n) is 3.59. The number of nitrogens with one attached hydrogen (secondary N) is 1. The van der Waals surface area contributed by atoms with E-state index in [1.165, 1.54) is 0 Å². The van der Waals surface area contributed by atoms with Crippen LogP contribution in [0, 0.1) is 12.3 Å². The number of fused-ring (bicyclic) bond motifs is 1. The fourth-order valence-corrected chi connectivity index (χ4v) is 6.20. The van der Waals surface area contributed by atoms with E-state index in [0.29, 0.717) is 5.56 Å². The number of carboxylic acids is 1. The van der Waals surface area contributed by atoms with Crippen molar-refractivity contribution in [1.29, 1.82) is 0 Å². The van der Waals surface area contributed by atoms with Crippen LogP contribution in [-0.2, 0) is 24.2 Å². The molecule has 2 aliphatic heterocycles. The Bertz CT molecular complexity index is 856. The molecule has 4 atom stereocenters. The van der Waals surface area contributed by atoms with Crippen LogP contribution in [0.3, 0.4) is 0 Å². The second-order valence-electron chi connectivity index (χ2n) is 6.70. The largest absolute Gasteiger partial charge is 1.00 e. The fraction of sp³-hybridized carbons (Fsp3) is 0.438. The maximum Gasteiger partial charge on any atom is 1.00 e. The molecule has 2 saturated heterocycles. The Hall–Kier alpha value is -1.42. The number of carboxylic acid groups (broad SMARTS) is 1. The summed E-state index contributed by atoms with van der Waals surface area (Å²) in [6, 6.07) is 6.90. The second kappa shape index (κ2) is 6.95. The number of carbonyl (C=O) groups excluding carboxylic acids is 3. The third-order valence-corrected chi connectivity index (χ3v) is 7.52. The minimum atomic E-state index is -4.18. The first-order valence-corrected chi connectivity index (χ1v) is 9.26. The maximum absolute atomic E-state index is 13.0. The third kappa shape index (κ3) is 2.87. The van der Waals surface area contributed by atoms with Crippen molar-refractivity contribution in [3.63, 3.8) is 0 Å². The number of amides is 2. The van der Waals surface area contributed by atoms with Gasteiger partial charge in [0.15, 0.2) is 15.2 Å². The standard InChI is InChI=1S/C16H18N2O6S.Na/c1-9-3-5-10(6-4-9)11-12(20)18-7-16(2,15(21)22)14(17-8-19)25(23,24)13(11)18;/h3-6,8,11,13-14H,7H2,1-2H3,(H,17,19)(H,21,22);/q;+1/p-1/t11?,13-,14?,16?;/m1./s1. The monoisotopic (exact) mass is 388 g/mol. The van der Waals surface area contributed by atoms with Gasteiger partial charge in [0.05, 0.1) is 17.3 Å². The zero-order valence-electron chi connectivity index (χ0n) is 14.6. The molecule has 2 aliphatic rings. The minimum Gasteiger partial charge on any atom is -0.549 e. The Balaban J connectivity index is 0.00000243. The smallest absolute Gasteiger partial charge is 0.549 e. The van der Waals surface area contributed by atoms with E-state index >= 15 is 0 Å². The van der Waals surface area contributed by atoms with Crippen LogP contribution in [0.4, 0.5) is 0 Å². The molecule has 1 N–H and O–H groups in total. The van der Waals surface area contributed by atoms with Gasteiger partial charge in [-0.2, -0.15) is 0 Å². The molecule has 0 spiro atoms. The van der Waals surface area contributed by atoms with Gasteiger partial charge >= 0.3 is 29.6 Å². The first-order chi connectivity index (χ1) is 11.6. The van der Waals surface area contributed by atoms with Gasteiger partial charge in [0, 0.05) is 6.54 Å². The van der Waals surface area contributed by atoms with Crippen LogP contribution in [0.25, 0.3) is 0 Å². The van der Waals surface area contributed by atoms with Crippen molar-refractivity contribution in [2.45, 2.75) is 30.5 Å². The zero-order chi connectivity index (χ0) is 18.6. The van der Waals surface area contributed by atoms with Crippen molar-refractivity contribution in [3.8, 4) is 0 Å². The molecular weight excluding hydrogens is 371 g/mol. The molecule has 2 amide bonds. The van der Waals surface area contributed by atoms with Crippen molar-refractivity contribution in [3.05, 3.63) is 35.4 Å². The van der Waals surface area contributed by atoms with E-state index in [-0.39, 0.29) is 42.5 Å². The first kappa shape index (κ1) is 20.9. The van der Waals surface area contributed by atoms with Crippen LogP contribution in [0.2, 0.25) is 0 Å². The number of nitrogens with zero attached hydrogens (tertiary/aromatic N) is 1. The average molecular weight is 388 g/mol. The summed E-state index contributed by atoms with van der Waals surface area (Å²) in [4.78, 5) is 36.0. The van der Waals surface area contributed by atoms with Gasteiger partial charge in [0.1, 0.15) is 5.37 Å². The van der Waals surface area contributed by atoms with Gasteiger partial charge in [-0.15, -0.1) is 0 Å². The summed E-state index contributed by atoms with van der Waals surface area (Å²) in [6.45, 7) is 2.68. The molecule has 8 nitrogen and oxygen atoms in total. The molecule has 0 bridgehead atoms. The van der Waals surface area contributed by atoms with Gasteiger partial charge in [0.2, 0.25) is 12.3 Å². The molecule has 0 aromatic heterocycles. The zero-order valence-corrected chi connectivity index (χ0v) is 17.4. The minimum absolute atomic E-state index is 0. The van der Waals surface area contributed by atoms with E-state index in [9.17, 15) is 27.9 Å². The molecule has 2 heterocycles. The molecule has 3 rings (SSSR count). The van der Waals surface area contributed by atoms with Crippen molar-refractivity contribution in [2.75, 3.05) is 6.54 Å². The van der Waals surface area contributed by atoms with E-state index in [0.717, 1.165) is 17.4 Å². The second-order valence-corrected chi connectivity index (χ2v) is 8.84. The van der Waals surface area contributed by atoms with Gasteiger partial charge in [-0.05, 0) is 19.4 Å². The Morgan fingerprint density at radius 1 is 1.35 bits per heavy atom. The molecule has 134 valence electrons. The summed E-state index contributed by atoms with van der Waals surface area (Å²) in [5.41, 5.74) is -0.421. The van der Waals surface area contributed by atoms with Crippen molar-refractivity contribution in [1.82, 2.24) is 10.2 Å². The predicted octanol–water partition coefficient (Wildman–Crippen LogP) is -4.49. The van der Waals surface area contributed by atoms with Crippen molar-refractivity contribution in [2.24, 2.45) is 5.41 Å². The molecule has 26 heavy (non-hydrogen) atoms. The van der Waals surface area contributed by atoms with Gasteiger partial charge in [-0.3, -0.25) is 9.59 Å². The number of hydrogen-bond donors (Lipinski definition) is 1. The quantitative estimate of drug-likeness (QED) is 0.315. The van der Waals surface area contributed by atoms with E-state index in [4.69, 9.17) is 0 Å². The van der Waals surface area contributed by atoms with Crippen LogP contribution in [0.1, 0.15) is 24.0 Å². The first-order valence-electron chi connectivity index (χ1n) is 7.65. The van der Waals surface area contributed by atoms with Crippen molar-refractivity contribution < 1.29 is 57.5 Å². The summed E-state index contributed by atoms with van der Waals surface area (Å²) < 4.78 is 25.9. The van der Waals surface area contributed by atoms with Crippen LogP contribution in [0.15, 0.2) is 24.3 Å². The van der Waals surface area contributed by atoms with E-state index in [1.807, 2.05) is 6.92 Å². The number of β-lactam (4-membered cyclic amide) rings is 1. The average Bonchev–Trinajstić information content (AvgIpc) is 2.54. The van der Waals surface area contributed by atoms with Crippen molar-refractivity contribution >= 4 is 28.1 Å². The molecule has 1 aromatic rings. The number of hydrogen-bond acceptors (Lipinski definition) is 6. The summed E-state index contributed by atoms with van der Waals surface area (Å²) in [7, 11) is -4.18. The Morgan fingerprint density at radius 3 is 2.42 bits per heavy atom. The molecule has 0 aliphatic carbocycles. The number of sulfone groups is 1. The van der Waals surface area contributed by atoms with Crippen LogP contribution in [0.5, 0.6) is 0 Å². The normalized spacial score (nSPS) is 31.8. The van der Waals surface area contributed by atoms with Crippen LogP contribution >= 0.6 is 0 Å². The van der Waals surface area contributed by atoms with Gasteiger partial charge in [-0.25, -0.2) is 8.42 Å². The van der Waals surface area contributed by atoms with E-state index < -0.39 is 43.8 Å². The molecule has 1 aromatic carbocycles. The molecule has 0 radical (unpaired) electrons. The number of rotatable bonds is 4. The molecular formula is C16H17N2NaO6S. The summed E-state index contributed by atoms with van der Waals surface area (Å²) >= 11 is 0. The number of aryl methyl sites for hydroxylation is 1. The molecule has 2 fully saturated rings. The van der Waals surface area contributed by atoms with E-state index in [2.05, 4.69) is 5.32 Å². The number of benzene rings is 1. The third-order valence-electron chi connectivity index (χ3n) is 5.01. The number of carbonyl (C=O) groups is 3. The predicted molar refractivity (Wildman–Crippen MR) is 84.4 cm³/mol. The molecule has 3 unspecified atom stereocenters. The maximum atomic E-state index is 13.0.